The molecular formula is C24H27N3O2. The Hall–Kier alpha value is -3.21. The lowest BCUT2D eigenvalue weighted by atomic mass is 10.1. The Morgan fingerprint density at radius 1 is 1.07 bits per heavy atom. The molecule has 5 nitrogen and oxygen atoms in total. The number of carbonyl (C=O) groups is 2. The average Bonchev–Trinajstić information content (AvgIpc) is 2.71. The summed E-state index contributed by atoms with van der Waals surface area (Å²) in [6.07, 6.45) is 0.792. The van der Waals surface area contributed by atoms with Gasteiger partial charge in [0.15, 0.2) is 0 Å². The third kappa shape index (κ3) is 4.99. The normalized spacial score (nSPS) is 11.9. The summed E-state index contributed by atoms with van der Waals surface area (Å²) in [7, 11) is 0. The first-order chi connectivity index (χ1) is 13.9. The van der Waals surface area contributed by atoms with Crippen LogP contribution in [0.25, 0.3) is 10.9 Å². The van der Waals surface area contributed by atoms with Crippen molar-refractivity contribution in [2.75, 3.05) is 5.32 Å². The van der Waals surface area contributed by atoms with Crippen LogP contribution in [-0.4, -0.2) is 16.8 Å². The van der Waals surface area contributed by atoms with Gasteiger partial charge in [0, 0.05) is 23.5 Å². The highest BCUT2D eigenvalue weighted by Gasteiger charge is 2.13. The molecule has 3 rings (SSSR count). The van der Waals surface area contributed by atoms with Crippen molar-refractivity contribution in [1.82, 2.24) is 10.3 Å². The predicted molar refractivity (Wildman–Crippen MR) is 117 cm³/mol. The zero-order valence-electron chi connectivity index (χ0n) is 17.4. The topological polar surface area (TPSA) is 71.1 Å². The minimum atomic E-state index is -0.161. The van der Waals surface area contributed by atoms with Gasteiger partial charge in [0.2, 0.25) is 5.91 Å². The molecule has 0 saturated carbocycles. The number of nitrogens with one attached hydrogen (secondary N) is 2. The molecule has 0 saturated heterocycles. The summed E-state index contributed by atoms with van der Waals surface area (Å²) in [4.78, 5) is 29.4. The number of aryl methyl sites for hydroxylation is 2. The molecule has 0 fully saturated rings. The molecule has 1 aromatic heterocycles. The first kappa shape index (κ1) is 20.5. The van der Waals surface area contributed by atoms with Gasteiger partial charge in [-0.05, 0) is 55.7 Å². The molecule has 0 aliphatic rings. The van der Waals surface area contributed by atoms with E-state index >= 15 is 0 Å². The van der Waals surface area contributed by atoms with Gasteiger partial charge in [-0.15, -0.1) is 0 Å². The van der Waals surface area contributed by atoms with Crippen molar-refractivity contribution >= 4 is 28.4 Å². The van der Waals surface area contributed by atoms with Crippen LogP contribution >= 0.6 is 0 Å². The molecule has 0 spiro atoms. The van der Waals surface area contributed by atoms with Crippen LogP contribution in [0.1, 0.15) is 47.4 Å². The molecule has 29 heavy (non-hydrogen) atoms. The minimum Gasteiger partial charge on any atom is -0.348 e. The van der Waals surface area contributed by atoms with Gasteiger partial charge >= 0.3 is 0 Å². The van der Waals surface area contributed by atoms with E-state index in [1.807, 2.05) is 76.2 Å². The van der Waals surface area contributed by atoms with Gasteiger partial charge in [-0.2, -0.15) is 0 Å². The standard InChI is InChI=1S/C24H27N3O2/c1-5-16(3)23(28)27-20-8-6-7-18(12-20)14-25-24(29)21-13-19-10-9-15(2)11-22(19)26-17(21)4/h6-13,16H,5,14H2,1-4H3,(H,25,29)(H,27,28). The van der Waals surface area contributed by atoms with E-state index in [0.29, 0.717) is 17.8 Å². The molecule has 1 atom stereocenters. The highest BCUT2D eigenvalue weighted by molar-refractivity contribution is 5.98. The Balaban J connectivity index is 1.70. The fraction of sp³-hybridized carbons (Fsp3) is 0.292. The highest BCUT2D eigenvalue weighted by atomic mass is 16.2. The number of amides is 2. The van der Waals surface area contributed by atoms with Crippen molar-refractivity contribution in [2.24, 2.45) is 5.92 Å². The Labute approximate surface area is 171 Å². The fourth-order valence-electron chi connectivity index (χ4n) is 3.09. The van der Waals surface area contributed by atoms with Crippen molar-refractivity contribution in [3.05, 3.63) is 70.9 Å². The van der Waals surface area contributed by atoms with Gasteiger partial charge in [-0.1, -0.05) is 38.1 Å². The molecule has 1 heterocycles. The second-order valence-electron chi connectivity index (χ2n) is 7.50. The summed E-state index contributed by atoms with van der Waals surface area (Å²) in [6.45, 7) is 8.14. The molecule has 2 amide bonds. The number of fused-ring (bicyclic) bond motifs is 1. The van der Waals surface area contributed by atoms with Crippen molar-refractivity contribution < 1.29 is 9.59 Å². The Bertz CT molecular complexity index is 1060. The Morgan fingerprint density at radius 2 is 1.86 bits per heavy atom. The molecule has 2 N–H and O–H groups in total. The van der Waals surface area contributed by atoms with E-state index in [2.05, 4.69) is 15.6 Å². The van der Waals surface area contributed by atoms with Gasteiger partial charge in [-0.25, -0.2) is 0 Å². The highest BCUT2D eigenvalue weighted by Crippen LogP contribution is 2.18. The number of benzene rings is 2. The molecule has 3 aromatic rings. The molecular weight excluding hydrogens is 362 g/mol. The number of anilines is 1. The number of hydrogen-bond donors (Lipinski definition) is 2. The monoisotopic (exact) mass is 389 g/mol. The summed E-state index contributed by atoms with van der Waals surface area (Å²) < 4.78 is 0. The van der Waals surface area contributed by atoms with Crippen LogP contribution in [0.4, 0.5) is 5.69 Å². The van der Waals surface area contributed by atoms with Gasteiger partial charge in [0.05, 0.1) is 16.8 Å². The average molecular weight is 389 g/mol. The number of rotatable bonds is 6. The lowest BCUT2D eigenvalue weighted by molar-refractivity contribution is -0.119. The van der Waals surface area contributed by atoms with E-state index < -0.39 is 0 Å². The van der Waals surface area contributed by atoms with E-state index in [0.717, 1.165) is 34.1 Å². The Kier molecular flexibility index (Phi) is 6.27. The summed E-state index contributed by atoms with van der Waals surface area (Å²) in [5.74, 6) is -0.196. The summed E-state index contributed by atoms with van der Waals surface area (Å²) >= 11 is 0. The zero-order valence-corrected chi connectivity index (χ0v) is 17.4. The van der Waals surface area contributed by atoms with E-state index in [9.17, 15) is 9.59 Å². The number of nitrogens with zero attached hydrogens (tertiary/aromatic N) is 1. The van der Waals surface area contributed by atoms with Gasteiger partial charge in [0.1, 0.15) is 0 Å². The lowest BCUT2D eigenvalue weighted by Gasteiger charge is -2.12. The summed E-state index contributed by atoms with van der Waals surface area (Å²) in [6, 6.07) is 15.4. The van der Waals surface area contributed by atoms with Crippen LogP contribution in [-0.2, 0) is 11.3 Å². The first-order valence-corrected chi connectivity index (χ1v) is 9.93. The largest absolute Gasteiger partial charge is 0.348 e. The molecule has 0 aliphatic heterocycles. The molecule has 1 unspecified atom stereocenters. The molecule has 150 valence electrons. The van der Waals surface area contributed by atoms with Crippen LogP contribution in [0, 0.1) is 19.8 Å². The van der Waals surface area contributed by atoms with Crippen LogP contribution < -0.4 is 10.6 Å². The van der Waals surface area contributed by atoms with Crippen molar-refractivity contribution in [3.8, 4) is 0 Å². The maximum atomic E-state index is 12.7. The zero-order chi connectivity index (χ0) is 21.0. The molecule has 0 radical (unpaired) electrons. The lowest BCUT2D eigenvalue weighted by Crippen LogP contribution is -2.24. The van der Waals surface area contributed by atoms with E-state index in [1.54, 1.807) is 0 Å². The van der Waals surface area contributed by atoms with Crippen molar-refractivity contribution in [2.45, 2.75) is 40.7 Å². The maximum Gasteiger partial charge on any atom is 0.253 e. The number of carbonyl (C=O) groups excluding carboxylic acids is 2. The second kappa shape index (κ2) is 8.86. The smallest absolute Gasteiger partial charge is 0.253 e. The summed E-state index contributed by atoms with van der Waals surface area (Å²) in [5.41, 5.74) is 4.96. The second-order valence-corrected chi connectivity index (χ2v) is 7.50. The van der Waals surface area contributed by atoms with Gasteiger partial charge in [0.25, 0.3) is 5.91 Å². The Morgan fingerprint density at radius 3 is 2.62 bits per heavy atom. The van der Waals surface area contributed by atoms with E-state index in [1.165, 1.54) is 0 Å². The predicted octanol–water partition coefficient (Wildman–Crippen LogP) is 4.77. The fourth-order valence-corrected chi connectivity index (χ4v) is 3.09. The first-order valence-electron chi connectivity index (χ1n) is 9.93. The third-order valence-corrected chi connectivity index (χ3v) is 5.12. The van der Waals surface area contributed by atoms with E-state index in [4.69, 9.17) is 0 Å². The van der Waals surface area contributed by atoms with Gasteiger partial charge < -0.3 is 10.6 Å². The minimum absolute atomic E-state index is 0.00165. The number of aromatic nitrogens is 1. The van der Waals surface area contributed by atoms with Crippen molar-refractivity contribution in [1.29, 1.82) is 0 Å². The molecule has 5 heteroatoms. The van der Waals surface area contributed by atoms with Crippen LogP contribution in [0.15, 0.2) is 48.5 Å². The molecule has 2 aromatic carbocycles. The molecule has 0 aliphatic carbocycles. The van der Waals surface area contributed by atoms with Crippen LogP contribution in [0.2, 0.25) is 0 Å². The summed E-state index contributed by atoms with van der Waals surface area (Å²) in [5, 5.41) is 6.82. The van der Waals surface area contributed by atoms with E-state index in [-0.39, 0.29) is 17.7 Å². The van der Waals surface area contributed by atoms with Crippen molar-refractivity contribution in [3.63, 3.8) is 0 Å². The number of pyridine rings is 1. The van der Waals surface area contributed by atoms with Crippen LogP contribution in [0.3, 0.4) is 0 Å². The SMILES string of the molecule is CCC(C)C(=O)Nc1cccc(CNC(=O)c2cc3ccc(C)cc3nc2C)c1. The quantitative estimate of drug-likeness (QED) is 0.638. The number of hydrogen-bond acceptors (Lipinski definition) is 3. The molecule has 0 bridgehead atoms. The maximum absolute atomic E-state index is 12.7. The third-order valence-electron chi connectivity index (χ3n) is 5.12. The van der Waals surface area contributed by atoms with Crippen LogP contribution in [0.5, 0.6) is 0 Å². The van der Waals surface area contributed by atoms with Gasteiger partial charge in [-0.3, -0.25) is 14.6 Å².